The second-order valence-corrected chi connectivity index (χ2v) is 2.40. The van der Waals surface area contributed by atoms with Crippen LogP contribution in [0.2, 0.25) is 0 Å². The van der Waals surface area contributed by atoms with Crippen molar-refractivity contribution in [3.63, 3.8) is 0 Å². The summed E-state index contributed by atoms with van der Waals surface area (Å²) in [5, 5.41) is 0. The summed E-state index contributed by atoms with van der Waals surface area (Å²) in [5.74, 6) is 0.495. The Balaban J connectivity index is 0.000000371. The maximum atomic E-state index is 10.6. The van der Waals surface area contributed by atoms with Gasteiger partial charge >= 0.3 is 5.97 Å². The zero-order valence-electron chi connectivity index (χ0n) is 7.18. The zero-order valence-corrected chi connectivity index (χ0v) is 7.18. The van der Waals surface area contributed by atoms with E-state index < -0.39 is 0 Å². The Morgan fingerprint density at radius 1 is 1.40 bits per heavy atom. The van der Waals surface area contributed by atoms with E-state index in [0.717, 1.165) is 0 Å². The summed E-state index contributed by atoms with van der Waals surface area (Å²) in [6.45, 7) is 8.54. The highest BCUT2D eigenvalue weighted by Gasteiger charge is 2.28. The van der Waals surface area contributed by atoms with Gasteiger partial charge in [0.1, 0.15) is 0 Å². The molecule has 2 unspecified atom stereocenters. The van der Waals surface area contributed by atoms with Gasteiger partial charge in [0.05, 0.1) is 12.5 Å². The van der Waals surface area contributed by atoms with Crippen LogP contribution in [0.3, 0.4) is 0 Å². The van der Waals surface area contributed by atoms with Gasteiger partial charge in [0, 0.05) is 5.92 Å². The first-order valence-corrected chi connectivity index (χ1v) is 3.88. The Morgan fingerprint density at radius 2 is 1.90 bits per heavy atom. The molecule has 2 heteroatoms. The summed E-state index contributed by atoms with van der Waals surface area (Å²) >= 11 is 0. The molecule has 1 aliphatic heterocycles. The molecular weight excluding hydrogens is 128 g/mol. The van der Waals surface area contributed by atoms with Gasteiger partial charge < -0.3 is 4.74 Å². The molecule has 0 aromatic carbocycles. The standard InChI is InChI=1S/C6H10O2.C2H6/c1-4-3-8-6(7)5(4)2;1-2/h4-5H,3H2,1-2H3;1-2H3. The largest absolute Gasteiger partial charge is 0.465 e. The molecule has 0 radical (unpaired) electrons. The van der Waals surface area contributed by atoms with Crippen molar-refractivity contribution >= 4 is 5.97 Å². The molecule has 60 valence electrons. The molecule has 0 aromatic rings. The van der Waals surface area contributed by atoms with Crippen molar-refractivity contribution in [2.45, 2.75) is 27.7 Å². The molecule has 1 heterocycles. The number of esters is 1. The van der Waals surface area contributed by atoms with Crippen molar-refractivity contribution in [2.24, 2.45) is 11.8 Å². The molecule has 0 bridgehead atoms. The van der Waals surface area contributed by atoms with Gasteiger partial charge in [0.2, 0.25) is 0 Å². The zero-order chi connectivity index (χ0) is 8.15. The number of hydrogen-bond donors (Lipinski definition) is 0. The molecular formula is C8H16O2. The summed E-state index contributed by atoms with van der Waals surface area (Å²) in [6.07, 6.45) is 0. The van der Waals surface area contributed by atoms with Crippen molar-refractivity contribution in [1.82, 2.24) is 0 Å². The van der Waals surface area contributed by atoms with Gasteiger partial charge in [-0.15, -0.1) is 0 Å². The van der Waals surface area contributed by atoms with Crippen LogP contribution in [0, 0.1) is 11.8 Å². The lowest BCUT2D eigenvalue weighted by Gasteiger charge is -1.98. The molecule has 1 saturated heterocycles. The second-order valence-electron chi connectivity index (χ2n) is 2.40. The number of carbonyl (C=O) groups is 1. The van der Waals surface area contributed by atoms with Gasteiger partial charge in [0.15, 0.2) is 0 Å². The molecule has 0 amide bonds. The number of cyclic esters (lactones) is 1. The van der Waals surface area contributed by atoms with Crippen molar-refractivity contribution < 1.29 is 9.53 Å². The van der Waals surface area contributed by atoms with Crippen LogP contribution in [0.5, 0.6) is 0 Å². The highest BCUT2D eigenvalue weighted by molar-refractivity contribution is 5.74. The molecule has 1 fully saturated rings. The van der Waals surface area contributed by atoms with Crippen LogP contribution in [-0.2, 0) is 9.53 Å². The lowest BCUT2D eigenvalue weighted by molar-refractivity contribution is -0.140. The third-order valence-electron chi connectivity index (χ3n) is 1.71. The van der Waals surface area contributed by atoms with Crippen molar-refractivity contribution in [1.29, 1.82) is 0 Å². The Labute approximate surface area is 62.6 Å². The molecule has 2 nitrogen and oxygen atoms in total. The van der Waals surface area contributed by atoms with Crippen LogP contribution >= 0.6 is 0 Å². The third-order valence-corrected chi connectivity index (χ3v) is 1.71. The third kappa shape index (κ3) is 2.01. The van der Waals surface area contributed by atoms with E-state index in [9.17, 15) is 4.79 Å². The van der Waals surface area contributed by atoms with Crippen LogP contribution in [-0.4, -0.2) is 12.6 Å². The SMILES string of the molecule is CC.CC1COC(=O)C1C. The normalized spacial score (nSPS) is 30.6. The average Bonchev–Trinajstić information content (AvgIpc) is 2.25. The average molecular weight is 144 g/mol. The summed E-state index contributed by atoms with van der Waals surface area (Å²) in [5.41, 5.74) is 0. The molecule has 1 aliphatic rings. The molecule has 0 saturated carbocycles. The summed E-state index contributed by atoms with van der Waals surface area (Å²) in [6, 6.07) is 0. The van der Waals surface area contributed by atoms with E-state index in [0.29, 0.717) is 12.5 Å². The number of carbonyl (C=O) groups excluding carboxylic acids is 1. The summed E-state index contributed by atoms with van der Waals surface area (Å²) in [4.78, 5) is 10.6. The number of ether oxygens (including phenoxy) is 1. The highest BCUT2D eigenvalue weighted by Crippen LogP contribution is 2.19. The minimum atomic E-state index is -0.0440. The maximum absolute atomic E-state index is 10.6. The summed E-state index contributed by atoms with van der Waals surface area (Å²) in [7, 11) is 0. The van der Waals surface area contributed by atoms with Crippen molar-refractivity contribution in [2.75, 3.05) is 6.61 Å². The molecule has 0 spiro atoms. The van der Waals surface area contributed by atoms with Crippen molar-refractivity contribution in [3.05, 3.63) is 0 Å². The van der Waals surface area contributed by atoms with Gasteiger partial charge in [-0.1, -0.05) is 27.7 Å². The van der Waals surface area contributed by atoms with Crippen LogP contribution in [0.1, 0.15) is 27.7 Å². The maximum Gasteiger partial charge on any atom is 0.309 e. The van der Waals surface area contributed by atoms with Gasteiger partial charge in [-0.3, -0.25) is 4.79 Å². The lowest BCUT2D eigenvalue weighted by Crippen LogP contribution is -2.07. The molecule has 2 atom stereocenters. The van der Waals surface area contributed by atoms with E-state index in [1.54, 1.807) is 0 Å². The Hall–Kier alpha value is -0.530. The van der Waals surface area contributed by atoms with E-state index >= 15 is 0 Å². The molecule has 0 aromatic heterocycles. The fourth-order valence-electron chi connectivity index (χ4n) is 0.722. The number of hydrogen-bond acceptors (Lipinski definition) is 2. The van der Waals surface area contributed by atoms with E-state index in [1.807, 2.05) is 27.7 Å². The Morgan fingerprint density at radius 3 is 2.00 bits per heavy atom. The topological polar surface area (TPSA) is 26.3 Å². The minimum Gasteiger partial charge on any atom is -0.465 e. The first-order valence-electron chi connectivity index (χ1n) is 3.88. The summed E-state index contributed by atoms with van der Waals surface area (Å²) < 4.78 is 4.74. The van der Waals surface area contributed by atoms with E-state index in [2.05, 4.69) is 0 Å². The molecule has 0 N–H and O–H groups in total. The van der Waals surface area contributed by atoms with Gasteiger partial charge in [-0.25, -0.2) is 0 Å². The van der Waals surface area contributed by atoms with Crippen molar-refractivity contribution in [3.8, 4) is 0 Å². The molecule has 10 heavy (non-hydrogen) atoms. The smallest absolute Gasteiger partial charge is 0.309 e. The van der Waals surface area contributed by atoms with E-state index in [4.69, 9.17) is 4.74 Å². The van der Waals surface area contributed by atoms with E-state index in [1.165, 1.54) is 0 Å². The predicted octanol–water partition coefficient (Wildman–Crippen LogP) is 1.84. The molecule has 0 aliphatic carbocycles. The Bertz CT molecular complexity index is 110. The van der Waals surface area contributed by atoms with Gasteiger partial charge in [-0.05, 0) is 0 Å². The van der Waals surface area contributed by atoms with Crippen LogP contribution < -0.4 is 0 Å². The van der Waals surface area contributed by atoms with E-state index in [-0.39, 0.29) is 11.9 Å². The van der Waals surface area contributed by atoms with Crippen LogP contribution in [0.4, 0.5) is 0 Å². The minimum absolute atomic E-state index is 0.0440. The predicted molar refractivity (Wildman–Crippen MR) is 40.6 cm³/mol. The quantitative estimate of drug-likeness (QED) is 0.485. The molecule has 1 rings (SSSR count). The first kappa shape index (κ1) is 9.47. The fourth-order valence-corrected chi connectivity index (χ4v) is 0.722. The van der Waals surface area contributed by atoms with Gasteiger partial charge in [0.25, 0.3) is 0 Å². The Kier molecular flexibility index (Phi) is 4.08. The van der Waals surface area contributed by atoms with Gasteiger partial charge in [-0.2, -0.15) is 0 Å². The lowest BCUT2D eigenvalue weighted by atomic mass is 10.0. The monoisotopic (exact) mass is 144 g/mol. The van der Waals surface area contributed by atoms with Crippen LogP contribution in [0.25, 0.3) is 0 Å². The van der Waals surface area contributed by atoms with Crippen LogP contribution in [0.15, 0.2) is 0 Å². The number of rotatable bonds is 0. The highest BCUT2D eigenvalue weighted by atomic mass is 16.5. The first-order chi connectivity index (χ1) is 4.72. The fraction of sp³-hybridized carbons (Fsp3) is 0.875. The second kappa shape index (κ2) is 4.31.